The molecule has 0 aromatic carbocycles. The molecule has 0 nitrogen and oxygen atoms in total. The van der Waals surface area contributed by atoms with E-state index >= 15 is 0 Å². The molecule has 0 heterocycles. The van der Waals surface area contributed by atoms with Gasteiger partial charge in [0, 0.05) is 17.7 Å². The summed E-state index contributed by atoms with van der Waals surface area (Å²) in [5.41, 5.74) is -5.87. The van der Waals surface area contributed by atoms with Crippen LogP contribution in [0.5, 0.6) is 0 Å². The van der Waals surface area contributed by atoms with Gasteiger partial charge in [0.1, 0.15) is 11.8 Å². The Bertz CT molecular complexity index is 480. The highest BCUT2D eigenvalue weighted by Gasteiger charge is 2.77. The Morgan fingerprint density at radius 2 is 1.32 bits per heavy atom. The van der Waals surface area contributed by atoms with Crippen LogP contribution in [0.3, 0.4) is 0 Å². The van der Waals surface area contributed by atoms with Gasteiger partial charge in [-0.05, 0) is 21.6 Å². The summed E-state index contributed by atoms with van der Waals surface area (Å²) < 4.78 is 165. The van der Waals surface area contributed by atoms with Crippen molar-refractivity contribution in [2.75, 3.05) is 17.5 Å². The van der Waals surface area contributed by atoms with Crippen LogP contribution in [0.1, 0.15) is 6.92 Å². The van der Waals surface area contributed by atoms with Gasteiger partial charge in [0.2, 0.25) is 6.43 Å². The Morgan fingerprint density at radius 3 is 1.61 bits per heavy atom. The summed E-state index contributed by atoms with van der Waals surface area (Å²) in [6, 6.07) is -2.24. The molecule has 28 heavy (non-hydrogen) atoms. The van der Waals surface area contributed by atoms with Gasteiger partial charge >= 0.3 is 16.9 Å². The molecule has 0 unspecified atom stereocenters. The minimum atomic E-state index is -7.43. The van der Waals surface area contributed by atoms with E-state index in [0.29, 0.717) is 0 Å². The molecular formula is C9H11F13S6. The molecule has 0 aliphatic carbocycles. The molecule has 0 bridgehead atoms. The van der Waals surface area contributed by atoms with E-state index in [1.165, 1.54) is 0 Å². The second-order valence-corrected chi connectivity index (χ2v) is 33.5. The minimum absolute atomic E-state index is 0.182. The van der Waals surface area contributed by atoms with Crippen molar-refractivity contribution in [1.29, 1.82) is 0 Å². The summed E-state index contributed by atoms with van der Waals surface area (Å²) >= 11 is 0. The van der Waals surface area contributed by atoms with E-state index in [0.717, 1.165) is 0 Å². The van der Waals surface area contributed by atoms with Crippen LogP contribution in [0, 0.1) is 0 Å². The second-order valence-electron chi connectivity index (χ2n) is 4.71. The first-order chi connectivity index (χ1) is 12.1. The van der Waals surface area contributed by atoms with Crippen molar-refractivity contribution >= 4 is 57.4 Å². The molecule has 0 aliphatic heterocycles. The summed E-state index contributed by atoms with van der Waals surface area (Å²) in [7, 11) is -6.90. The first-order valence-corrected chi connectivity index (χ1v) is 15.9. The molecule has 0 atom stereocenters. The zero-order valence-electron chi connectivity index (χ0n) is 13.1. The van der Waals surface area contributed by atoms with Gasteiger partial charge in [-0.3, -0.25) is 0 Å². The fourth-order valence-corrected chi connectivity index (χ4v) is 33.1. The minimum Gasteiger partial charge on any atom is -0.238 e. The van der Waals surface area contributed by atoms with Crippen molar-refractivity contribution in [2.24, 2.45) is 0 Å². The zero-order valence-corrected chi connectivity index (χ0v) is 18.0. The lowest BCUT2D eigenvalue weighted by atomic mass is 10.8. The molecule has 0 aromatic heterocycles. The Kier molecular flexibility index (Phi) is 9.36. The topological polar surface area (TPSA) is 0 Å². The number of hydrogen-bond acceptors (Lipinski definition) is 5. The third-order valence-electron chi connectivity index (χ3n) is 2.18. The van der Waals surface area contributed by atoms with Crippen molar-refractivity contribution in [3.05, 3.63) is 0 Å². The predicted molar refractivity (Wildman–Crippen MR) is 96.0 cm³/mol. The lowest BCUT2D eigenvalue weighted by molar-refractivity contribution is -0.105. The maximum Gasteiger partial charge on any atom is 0.452 e. The number of hydrogen-bond donors (Lipinski definition) is 0. The van der Waals surface area contributed by atoms with Crippen LogP contribution in [0.15, 0.2) is 0 Å². The molecule has 0 aromatic rings. The molecule has 0 radical (unpaired) electrons. The van der Waals surface area contributed by atoms with Crippen LogP contribution in [0.2, 0.25) is 0 Å². The molecule has 174 valence electrons. The summed E-state index contributed by atoms with van der Waals surface area (Å²) in [5.74, 6) is -9.05. The number of alkyl halides is 13. The normalized spacial score (nSPS) is 17.1. The van der Waals surface area contributed by atoms with Gasteiger partial charge in [-0.1, -0.05) is 25.0 Å². The molecule has 0 saturated heterocycles. The van der Waals surface area contributed by atoms with Crippen molar-refractivity contribution in [3.63, 3.8) is 0 Å². The summed E-state index contributed by atoms with van der Waals surface area (Å²) in [5, 5.41) is -4.54. The fourth-order valence-electron chi connectivity index (χ4n) is 1.80. The van der Waals surface area contributed by atoms with Crippen LogP contribution >= 0.6 is 57.4 Å². The maximum atomic E-state index is 13.8. The first-order valence-electron chi connectivity index (χ1n) is 6.26. The molecule has 0 saturated carbocycles. The highest BCUT2D eigenvalue weighted by atomic mass is 34.4. The third-order valence-corrected chi connectivity index (χ3v) is 32.5. The van der Waals surface area contributed by atoms with E-state index in [2.05, 4.69) is 0 Å². The van der Waals surface area contributed by atoms with E-state index in [9.17, 15) is 57.1 Å². The molecule has 0 aliphatic rings. The quantitative estimate of drug-likeness (QED) is 0.183. The molecule has 0 spiro atoms. The Balaban J connectivity index is 7.33. The monoisotopic (exact) mass is 558 g/mol. The van der Waals surface area contributed by atoms with Crippen LogP contribution < -0.4 is 0 Å². The highest BCUT2D eigenvalue weighted by Crippen LogP contribution is 3.24. The Labute approximate surface area is 167 Å². The first kappa shape index (κ1) is 29.2. The van der Waals surface area contributed by atoms with E-state index in [1.807, 2.05) is 0 Å². The SMILES string of the molecule is CC(F)(F)SS(CC(F)(F)F)(SCF)(SCC(F)F)(SC(F)F)SC(F)(F)F. The van der Waals surface area contributed by atoms with Gasteiger partial charge in [0.15, 0.2) is 0 Å². The third kappa shape index (κ3) is 8.74. The summed E-state index contributed by atoms with van der Waals surface area (Å²) in [6.07, 6.45) is -9.45. The van der Waals surface area contributed by atoms with Crippen LogP contribution in [0.25, 0.3) is 0 Å². The molecule has 0 N–H and O–H groups in total. The van der Waals surface area contributed by atoms with E-state index in [4.69, 9.17) is 0 Å². The van der Waals surface area contributed by atoms with E-state index in [1.54, 1.807) is 0 Å². The van der Waals surface area contributed by atoms with Crippen LogP contribution in [0.4, 0.5) is 57.1 Å². The van der Waals surface area contributed by atoms with Gasteiger partial charge in [0.25, 0.3) is 5.76 Å². The Morgan fingerprint density at radius 1 is 0.821 bits per heavy atom. The van der Waals surface area contributed by atoms with Gasteiger partial charge < -0.3 is 0 Å². The van der Waals surface area contributed by atoms with Crippen molar-refractivity contribution in [2.45, 2.75) is 36.0 Å². The molecule has 0 amide bonds. The molecule has 0 rings (SSSR count). The highest BCUT2D eigenvalue weighted by molar-refractivity contribution is 9.97. The van der Waals surface area contributed by atoms with Crippen molar-refractivity contribution in [1.82, 2.24) is 0 Å². The summed E-state index contributed by atoms with van der Waals surface area (Å²) in [6.45, 7) is -0.182. The summed E-state index contributed by atoms with van der Waals surface area (Å²) in [4.78, 5) is 0. The van der Waals surface area contributed by atoms with Crippen LogP contribution in [-0.2, 0) is 0 Å². The van der Waals surface area contributed by atoms with Crippen molar-refractivity contribution in [3.8, 4) is 0 Å². The van der Waals surface area contributed by atoms with E-state index in [-0.39, 0.29) is 6.92 Å². The molecular weight excluding hydrogens is 547 g/mol. The average molecular weight is 559 g/mol. The second kappa shape index (κ2) is 8.97. The number of halogens is 13. The van der Waals surface area contributed by atoms with Gasteiger partial charge in [0.05, 0.1) is 5.75 Å². The fraction of sp³-hybridized carbons (Fsp3) is 1.00. The molecule has 19 heteroatoms. The standard InChI is InChI=1S/C9H11F13S6/c1-7(15,16)26-28(24-4-10,25-6(13)14,3-8(17,18)19,23-2-5(11)12)27-9(20,21)22/h5-6H,2-4H2,1H3. The van der Waals surface area contributed by atoms with Gasteiger partial charge in [-0.25, -0.2) is 13.2 Å². The number of rotatable bonds is 11. The van der Waals surface area contributed by atoms with Crippen molar-refractivity contribution < 1.29 is 57.1 Å². The zero-order chi connectivity index (χ0) is 22.7. The van der Waals surface area contributed by atoms with Crippen LogP contribution in [-0.4, -0.2) is 46.6 Å². The maximum absolute atomic E-state index is 13.8. The smallest absolute Gasteiger partial charge is 0.238 e. The van der Waals surface area contributed by atoms with Gasteiger partial charge in [-0.2, -0.15) is 43.9 Å². The predicted octanol–water partition coefficient (Wildman–Crippen LogP) is 9.21. The van der Waals surface area contributed by atoms with Gasteiger partial charge in [-0.15, -0.1) is 0 Å². The Hall–Kier alpha value is 1.19. The lowest BCUT2D eigenvalue weighted by Gasteiger charge is -2.73. The largest absolute Gasteiger partial charge is 0.452 e. The van der Waals surface area contributed by atoms with E-state index < -0.39 is 104 Å². The molecule has 0 fully saturated rings. The average Bonchev–Trinajstić information content (AvgIpc) is 2.28. The lowest BCUT2D eigenvalue weighted by Crippen LogP contribution is -2.37.